The zero-order valence-corrected chi connectivity index (χ0v) is 25.1. The summed E-state index contributed by atoms with van der Waals surface area (Å²) in [5, 5.41) is 18.7. The molecule has 1 fully saturated rings. The number of nitrogens with two attached hydrogens (primary N) is 2. The molecule has 15 nitrogen and oxygen atoms in total. The number of carbonyl (C=O) groups excluding carboxylic acids is 3. The number of carboxylic acid groups (broad SMARTS) is 1. The largest absolute Gasteiger partial charge is 0.477 e. The van der Waals surface area contributed by atoms with Gasteiger partial charge in [0.1, 0.15) is 55.0 Å². The molecule has 5 rings (SSSR count). The average Bonchev–Trinajstić information content (AvgIpc) is 3.60. The minimum Gasteiger partial charge on any atom is -0.477 e. The van der Waals surface area contributed by atoms with Crippen LogP contribution in [-0.2, 0) is 30.5 Å². The number of anilines is 1. The Kier molecular flexibility index (Phi) is 9.07. The molecule has 3 aromatic heterocycles. The van der Waals surface area contributed by atoms with Gasteiger partial charge in [0.05, 0.1) is 0 Å². The van der Waals surface area contributed by atoms with Crippen LogP contribution in [0.5, 0.6) is 0 Å². The van der Waals surface area contributed by atoms with Crippen LogP contribution in [0.25, 0.3) is 5.65 Å². The van der Waals surface area contributed by atoms with E-state index in [0.717, 1.165) is 22.0 Å². The summed E-state index contributed by atoms with van der Waals surface area (Å²) in [4.78, 5) is 59.9. The molecular formula is C25H27N8O7S3+. The maximum Gasteiger partial charge on any atom is 0.404 e. The van der Waals surface area contributed by atoms with Crippen LogP contribution in [0.1, 0.15) is 12.6 Å². The van der Waals surface area contributed by atoms with E-state index in [-0.39, 0.29) is 42.0 Å². The zero-order valence-electron chi connectivity index (χ0n) is 22.7. The van der Waals surface area contributed by atoms with E-state index in [1.165, 1.54) is 28.4 Å². The number of imidazole rings is 1. The number of aromatic nitrogens is 3. The van der Waals surface area contributed by atoms with Crippen molar-refractivity contribution in [3.05, 3.63) is 52.9 Å². The molecule has 43 heavy (non-hydrogen) atoms. The molecule has 1 saturated heterocycles. The molecule has 0 aliphatic carbocycles. The number of rotatable bonds is 12. The number of fused-ring (bicyclic) bond motifs is 2. The van der Waals surface area contributed by atoms with Gasteiger partial charge in [-0.2, -0.15) is 4.40 Å². The lowest BCUT2D eigenvalue weighted by molar-refractivity contribution is -0.662. The van der Waals surface area contributed by atoms with Crippen molar-refractivity contribution in [1.29, 1.82) is 0 Å². The van der Waals surface area contributed by atoms with Gasteiger partial charge in [0.15, 0.2) is 15.9 Å². The fourth-order valence-corrected chi connectivity index (χ4v) is 7.31. The molecule has 0 unspecified atom stereocenters. The van der Waals surface area contributed by atoms with E-state index < -0.39 is 35.3 Å². The lowest BCUT2D eigenvalue weighted by Crippen LogP contribution is -2.71. The zero-order chi connectivity index (χ0) is 30.7. The maximum absolute atomic E-state index is 13.2. The Balaban J connectivity index is 1.32. The third-order valence-electron chi connectivity index (χ3n) is 6.40. The summed E-state index contributed by atoms with van der Waals surface area (Å²) in [6.07, 6.45) is 2.85. The van der Waals surface area contributed by atoms with Crippen LogP contribution in [0, 0.1) is 0 Å². The minimum atomic E-state index is -1.23. The highest BCUT2D eigenvalue weighted by Gasteiger charge is 2.54. The summed E-state index contributed by atoms with van der Waals surface area (Å²) < 4.78 is 8.62. The van der Waals surface area contributed by atoms with E-state index in [2.05, 4.69) is 15.5 Å². The molecule has 3 aromatic rings. The molecule has 0 saturated carbocycles. The SMILES string of the molecule is CCO/N=C(\C(=O)N[C@@H]1C(=O)N2C(C(=O)O)=C(C[n+]3ccn4c(SCCOC(N)=O)cccc43)CS[C@@H]12)c1csc(N)n1. The number of pyridine rings is 1. The van der Waals surface area contributed by atoms with Gasteiger partial charge in [0.25, 0.3) is 17.5 Å². The van der Waals surface area contributed by atoms with Gasteiger partial charge < -0.3 is 31.5 Å². The number of ether oxygens (including phenoxy) is 1. The van der Waals surface area contributed by atoms with E-state index >= 15 is 0 Å². The van der Waals surface area contributed by atoms with E-state index in [1.54, 1.807) is 12.3 Å². The lowest BCUT2D eigenvalue weighted by atomic mass is 10.0. The molecule has 6 N–H and O–H groups in total. The van der Waals surface area contributed by atoms with Gasteiger partial charge in [-0.15, -0.1) is 23.1 Å². The van der Waals surface area contributed by atoms with Crippen LogP contribution in [0.4, 0.5) is 9.93 Å². The van der Waals surface area contributed by atoms with Crippen LogP contribution in [-0.4, -0.2) is 85.1 Å². The average molecular weight is 648 g/mol. The van der Waals surface area contributed by atoms with Crippen molar-refractivity contribution < 1.29 is 38.4 Å². The molecule has 0 bridgehead atoms. The molecule has 0 aromatic carbocycles. The van der Waals surface area contributed by atoms with Crippen LogP contribution in [0.2, 0.25) is 0 Å². The molecular weight excluding hydrogens is 621 g/mol. The summed E-state index contributed by atoms with van der Waals surface area (Å²) in [5.74, 6) is -1.64. The maximum atomic E-state index is 13.2. The topological polar surface area (TPSA) is 208 Å². The van der Waals surface area contributed by atoms with Gasteiger partial charge in [-0.3, -0.25) is 14.5 Å². The van der Waals surface area contributed by atoms with Gasteiger partial charge >= 0.3 is 12.1 Å². The molecule has 226 valence electrons. The Morgan fingerprint density at radius 1 is 1.35 bits per heavy atom. The smallest absolute Gasteiger partial charge is 0.404 e. The first kappa shape index (κ1) is 30.2. The Morgan fingerprint density at radius 2 is 2.16 bits per heavy atom. The number of aliphatic carboxylic acids is 1. The monoisotopic (exact) mass is 647 g/mol. The number of β-lactam (4-membered cyclic amide) rings is 1. The first-order valence-electron chi connectivity index (χ1n) is 12.9. The number of nitrogen functional groups attached to an aromatic ring is 1. The molecule has 5 heterocycles. The molecule has 0 radical (unpaired) electrons. The first-order valence-corrected chi connectivity index (χ1v) is 15.8. The van der Waals surface area contributed by atoms with Gasteiger partial charge in [0, 0.05) is 28.5 Å². The normalized spacial score (nSPS) is 18.3. The summed E-state index contributed by atoms with van der Waals surface area (Å²) in [6.45, 7) is 2.31. The van der Waals surface area contributed by atoms with Crippen LogP contribution in [0.3, 0.4) is 0 Å². The van der Waals surface area contributed by atoms with Crippen molar-refractivity contribution in [2.24, 2.45) is 10.9 Å². The predicted molar refractivity (Wildman–Crippen MR) is 158 cm³/mol. The molecule has 3 amide bonds. The number of amides is 3. The Bertz CT molecular complexity index is 1650. The fourth-order valence-electron chi connectivity index (χ4n) is 4.59. The fraction of sp³-hybridized carbons (Fsp3) is 0.320. The van der Waals surface area contributed by atoms with Crippen LogP contribution < -0.4 is 21.4 Å². The highest BCUT2D eigenvalue weighted by atomic mass is 32.2. The number of carboxylic acids is 1. The summed E-state index contributed by atoms with van der Waals surface area (Å²) in [6, 6.07) is 4.71. The van der Waals surface area contributed by atoms with Crippen molar-refractivity contribution >= 4 is 75.2 Å². The second-order valence-electron chi connectivity index (χ2n) is 9.08. The van der Waals surface area contributed by atoms with Crippen molar-refractivity contribution in [3.63, 3.8) is 0 Å². The number of nitrogens with zero attached hydrogens (tertiary/aromatic N) is 5. The number of nitrogens with one attached hydrogen (secondary N) is 1. The van der Waals surface area contributed by atoms with Crippen LogP contribution in [0.15, 0.2) is 57.4 Å². The third-order valence-corrected chi connectivity index (χ3v) is 9.41. The molecule has 18 heteroatoms. The van der Waals surface area contributed by atoms with Crippen molar-refractivity contribution in [1.82, 2.24) is 19.6 Å². The standard InChI is InChI=1S/C25H26N8O7S3/c1-2-40-30-17(14-12-43-24(26)28-14)20(34)29-18-21(35)33-19(23(36)37)13(11-42-22(18)33)10-31-6-7-32-15(31)4-3-5-16(32)41-9-8-39-25(27)38/h3-7,12,18,22H,2,8-11H2,1H3,(H5-,26,27,28,29,34,36,37,38)/p+1/b30-17-/t18-,22+/m1/s1. The van der Waals surface area contributed by atoms with Gasteiger partial charge in [-0.1, -0.05) is 16.9 Å². The molecule has 2 aliphatic heterocycles. The molecule has 2 atom stereocenters. The Hall–Kier alpha value is -4.29. The van der Waals surface area contributed by atoms with Gasteiger partial charge in [0.2, 0.25) is 0 Å². The number of primary amides is 1. The number of thioether (sulfide) groups is 2. The Labute approximate surface area is 256 Å². The summed E-state index contributed by atoms with van der Waals surface area (Å²) >= 11 is 3.96. The third kappa shape index (κ3) is 6.25. The first-order chi connectivity index (χ1) is 20.7. The van der Waals surface area contributed by atoms with Crippen molar-refractivity contribution in [3.8, 4) is 0 Å². The summed E-state index contributed by atoms with van der Waals surface area (Å²) in [5.41, 5.74) is 12.0. The van der Waals surface area contributed by atoms with Crippen molar-refractivity contribution in [2.45, 2.75) is 29.9 Å². The van der Waals surface area contributed by atoms with Crippen molar-refractivity contribution in [2.75, 3.05) is 30.5 Å². The predicted octanol–water partition coefficient (Wildman–Crippen LogP) is 0.632. The molecule has 0 spiro atoms. The van der Waals surface area contributed by atoms with E-state index in [0.29, 0.717) is 17.1 Å². The quantitative estimate of drug-likeness (QED) is 0.0535. The second-order valence-corrected chi connectivity index (χ2v) is 12.2. The minimum absolute atomic E-state index is 0.101. The Morgan fingerprint density at radius 3 is 2.86 bits per heavy atom. The number of oxime groups is 1. The number of hydrogen-bond donors (Lipinski definition) is 4. The van der Waals surface area contributed by atoms with E-state index in [4.69, 9.17) is 21.0 Å². The molecule has 2 aliphatic rings. The highest BCUT2D eigenvalue weighted by Crippen LogP contribution is 2.40. The number of hydrogen-bond acceptors (Lipinski definition) is 12. The van der Waals surface area contributed by atoms with E-state index in [9.17, 15) is 24.3 Å². The number of carbonyl (C=O) groups is 4. The van der Waals surface area contributed by atoms with E-state index in [1.807, 2.05) is 39.6 Å². The highest BCUT2D eigenvalue weighted by molar-refractivity contribution is 8.00. The number of thiazole rings is 1. The van der Waals surface area contributed by atoms with Gasteiger partial charge in [-0.05, 0) is 19.1 Å². The lowest BCUT2D eigenvalue weighted by Gasteiger charge is -2.49. The summed E-state index contributed by atoms with van der Waals surface area (Å²) in [7, 11) is 0. The van der Waals surface area contributed by atoms with Crippen LogP contribution >= 0.6 is 34.9 Å². The van der Waals surface area contributed by atoms with Gasteiger partial charge in [-0.25, -0.2) is 19.1 Å². The second kappa shape index (κ2) is 12.9.